The number of rotatable bonds is 4. The van der Waals surface area contributed by atoms with Crippen molar-refractivity contribution in [1.82, 2.24) is 4.90 Å². The smallest absolute Gasteiger partial charge is 0.239 e. The van der Waals surface area contributed by atoms with Crippen molar-refractivity contribution in [2.75, 3.05) is 24.5 Å². The molecule has 0 radical (unpaired) electrons. The minimum absolute atomic E-state index is 0.311. The molecule has 0 bridgehead atoms. The van der Waals surface area contributed by atoms with Gasteiger partial charge in [-0.15, -0.1) is 11.3 Å². The van der Waals surface area contributed by atoms with Gasteiger partial charge in [-0.1, -0.05) is 38.1 Å². The molecule has 1 amide bonds. The standard InChI is InChI=1S/C20H24N2OS/c1-15(2)12-22-18-8-4-3-7-17(18)20(19(22)23)9-10-21(14-20)13-16-6-5-11-24-16/h3-8,11,15H,9-10,12-14H2,1-2H3/t20-/m0/s1. The van der Waals surface area contributed by atoms with Gasteiger partial charge in [0, 0.05) is 30.2 Å². The molecular formula is C20H24N2OS. The van der Waals surface area contributed by atoms with Crippen LogP contribution in [-0.2, 0) is 16.8 Å². The average Bonchev–Trinajstić information content (AvgIpc) is 3.26. The number of nitrogens with zero attached hydrogens (tertiary/aromatic N) is 2. The Hall–Kier alpha value is -1.65. The zero-order valence-corrected chi connectivity index (χ0v) is 15.2. The highest BCUT2D eigenvalue weighted by atomic mass is 32.1. The average molecular weight is 340 g/mol. The Morgan fingerprint density at radius 3 is 2.79 bits per heavy atom. The first-order chi connectivity index (χ1) is 11.6. The van der Waals surface area contributed by atoms with Crippen molar-refractivity contribution < 1.29 is 4.79 Å². The van der Waals surface area contributed by atoms with Crippen LogP contribution >= 0.6 is 11.3 Å². The van der Waals surface area contributed by atoms with Gasteiger partial charge < -0.3 is 4.90 Å². The number of anilines is 1. The Kier molecular flexibility index (Phi) is 3.97. The molecule has 1 spiro atoms. The Balaban J connectivity index is 1.64. The van der Waals surface area contributed by atoms with Gasteiger partial charge in [0.15, 0.2) is 0 Å². The minimum atomic E-state index is -0.331. The van der Waals surface area contributed by atoms with Crippen LogP contribution in [0.1, 0.15) is 30.7 Å². The number of hydrogen-bond acceptors (Lipinski definition) is 3. The Morgan fingerprint density at radius 2 is 2.04 bits per heavy atom. The molecule has 3 nitrogen and oxygen atoms in total. The molecule has 1 aromatic carbocycles. The van der Waals surface area contributed by atoms with Crippen LogP contribution in [0.15, 0.2) is 41.8 Å². The quantitative estimate of drug-likeness (QED) is 0.843. The summed E-state index contributed by atoms with van der Waals surface area (Å²) in [6, 6.07) is 12.7. The summed E-state index contributed by atoms with van der Waals surface area (Å²) in [5.41, 5.74) is 2.04. The van der Waals surface area contributed by atoms with Crippen LogP contribution in [0.4, 0.5) is 5.69 Å². The summed E-state index contributed by atoms with van der Waals surface area (Å²) < 4.78 is 0. The maximum Gasteiger partial charge on any atom is 0.239 e. The number of para-hydroxylation sites is 1. The van der Waals surface area contributed by atoms with E-state index in [0.29, 0.717) is 11.8 Å². The largest absolute Gasteiger partial charge is 0.311 e. The summed E-state index contributed by atoms with van der Waals surface area (Å²) in [6.07, 6.45) is 0.933. The van der Waals surface area contributed by atoms with Crippen LogP contribution in [0.3, 0.4) is 0 Å². The summed E-state index contributed by atoms with van der Waals surface area (Å²) in [5.74, 6) is 0.784. The van der Waals surface area contributed by atoms with Crippen LogP contribution in [0.25, 0.3) is 0 Å². The van der Waals surface area contributed by atoms with Gasteiger partial charge in [-0.2, -0.15) is 0 Å². The third-order valence-corrected chi connectivity index (χ3v) is 6.08. The van der Waals surface area contributed by atoms with Crippen molar-refractivity contribution >= 4 is 22.9 Å². The van der Waals surface area contributed by atoms with Crippen LogP contribution in [0.2, 0.25) is 0 Å². The first kappa shape index (κ1) is 15.9. The van der Waals surface area contributed by atoms with Gasteiger partial charge in [0.25, 0.3) is 0 Å². The van der Waals surface area contributed by atoms with Gasteiger partial charge in [0.1, 0.15) is 0 Å². The minimum Gasteiger partial charge on any atom is -0.311 e. The second-order valence-electron chi connectivity index (χ2n) is 7.45. The fraction of sp³-hybridized carbons (Fsp3) is 0.450. The Morgan fingerprint density at radius 1 is 1.21 bits per heavy atom. The fourth-order valence-corrected chi connectivity index (χ4v) is 4.93. The van der Waals surface area contributed by atoms with E-state index in [-0.39, 0.29) is 5.41 Å². The molecule has 0 N–H and O–H groups in total. The molecule has 1 aromatic heterocycles. The number of thiophene rings is 1. The van der Waals surface area contributed by atoms with Crippen molar-refractivity contribution in [2.24, 2.45) is 5.92 Å². The molecule has 4 rings (SSSR count). The van der Waals surface area contributed by atoms with Gasteiger partial charge in [-0.3, -0.25) is 9.69 Å². The Bertz CT molecular complexity index is 740. The van der Waals surface area contributed by atoms with E-state index in [9.17, 15) is 4.79 Å². The molecule has 0 saturated carbocycles. The highest BCUT2D eigenvalue weighted by Crippen LogP contribution is 2.47. The fourth-order valence-electron chi connectivity index (χ4n) is 4.18. The Labute approximate surface area is 147 Å². The van der Waals surface area contributed by atoms with E-state index in [1.807, 2.05) is 4.90 Å². The molecule has 1 fully saturated rings. The molecule has 0 aliphatic carbocycles. The monoisotopic (exact) mass is 340 g/mol. The lowest BCUT2D eigenvalue weighted by atomic mass is 9.81. The van der Waals surface area contributed by atoms with Crippen molar-refractivity contribution in [3.05, 3.63) is 52.2 Å². The third-order valence-electron chi connectivity index (χ3n) is 5.22. The van der Waals surface area contributed by atoms with Crippen molar-refractivity contribution in [3.8, 4) is 0 Å². The van der Waals surface area contributed by atoms with Crippen LogP contribution in [0.5, 0.6) is 0 Å². The van der Waals surface area contributed by atoms with E-state index in [1.165, 1.54) is 10.4 Å². The molecule has 126 valence electrons. The van der Waals surface area contributed by atoms with Gasteiger partial charge in [-0.05, 0) is 42.0 Å². The predicted octanol–water partition coefficient (Wildman–Crippen LogP) is 3.89. The van der Waals surface area contributed by atoms with Crippen LogP contribution in [-0.4, -0.2) is 30.4 Å². The summed E-state index contributed by atoms with van der Waals surface area (Å²) in [5, 5.41) is 2.13. The number of hydrogen-bond donors (Lipinski definition) is 0. The molecular weight excluding hydrogens is 316 g/mol. The van der Waals surface area contributed by atoms with Crippen molar-refractivity contribution in [1.29, 1.82) is 0 Å². The number of carbonyl (C=O) groups excluding carboxylic acids is 1. The molecule has 1 atom stereocenters. The van der Waals surface area contributed by atoms with E-state index in [1.54, 1.807) is 11.3 Å². The van der Waals surface area contributed by atoms with Crippen LogP contribution in [0, 0.1) is 5.92 Å². The van der Waals surface area contributed by atoms with Gasteiger partial charge in [0.2, 0.25) is 5.91 Å². The van der Waals surface area contributed by atoms with Gasteiger partial charge in [-0.25, -0.2) is 0 Å². The SMILES string of the molecule is CC(C)CN1C(=O)[C@]2(CCN(Cc3cccs3)C2)c2ccccc21. The first-order valence-electron chi connectivity index (χ1n) is 8.76. The topological polar surface area (TPSA) is 23.6 Å². The van der Waals surface area contributed by atoms with Gasteiger partial charge in [0.05, 0.1) is 5.41 Å². The van der Waals surface area contributed by atoms with E-state index < -0.39 is 0 Å². The summed E-state index contributed by atoms with van der Waals surface area (Å²) >= 11 is 1.80. The third kappa shape index (κ3) is 2.49. The second-order valence-corrected chi connectivity index (χ2v) is 8.48. The molecule has 1 saturated heterocycles. The molecule has 3 heterocycles. The number of benzene rings is 1. The lowest BCUT2D eigenvalue weighted by Gasteiger charge is -2.25. The molecule has 0 unspecified atom stereocenters. The summed E-state index contributed by atoms with van der Waals surface area (Å²) in [6.45, 7) is 7.96. The van der Waals surface area contributed by atoms with E-state index in [4.69, 9.17) is 0 Å². The van der Waals surface area contributed by atoms with Crippen molar-refractivity contribution in [2.45, 2.75) is 32.2 Å². The zero-order chi connectivity index (χ0) is 16.7. The number of fused-ring (bicyclic) bond motifs is 2. The zero-order valence-electron chi connectivity index (χ0n) is 14.4. The maximum absolute atomic E-state index is 13.4. The molecule has 2 aromatic rings. The summed E-state index contributed by atoms with van der Waals surface area (Å²) in [4.78, 5) is 19.2. The van der Waals surface area contributed by atoms with Gasteiger partial charge >= 0.3 is 0 Å². The highest BCUT2D eigenvalue weighted by Gasteiger charge is 2.54. The lowest BCUT2D eigenvalue weighted by molar-refractivity contribution is -0.122. The van der Waals surface area contributed by atoms with E-state index >= 15 is 0 Å². The number of carbonyl (C=O) groups is 1. The number of amides is 1. The van der Waals surface area contributed by atoms with Crippen LogP contribution < -0.4 is 4.90 Å². The molecule has 4 heteroatoms. The van der Waals surface area contributed by atoms with E-state index in [2.05, 4.69) is 60.5 Å². The normalized spacial score (nSPS) is 23.6. The molecule has 2 aliphatic heterocycles. The predicted molar refractivity (Wildman–Crippen MR) is 99.5 cm³/mol. The van der Waals surface area contributed by atoms with Crippen molar-refractivity contribution in [3.63, 3.8) is 0 Å². The first-order valence-corrected chi connectivity index (χ1v) is 9.64. The summed E-state index contributed by atoms with van der Waals surface area (Å²) in [7, 11) is 0. The molecule has 2 aliphatic rings. The maximum atomic E-state index is 13.4. The number of likely N-dealkylation sites (tertiary alicyclic amines) is 1. The molecule has 24 heavy (non-hydrogen) atoms. The van der Waals surface area contributed by atoms with E-state index in [0.717, 1.165) is 38.3 Å². The highest BCUT2D eigenvalue weighted by molar-refractivity contribution is 7.09. The lowest BCUT2D eigenvalue weighted by Crippen LogP contribution is -2.43. The second kappa shape index (κ2) is 6.01.